The Labute approximate surface area is 213 Å². The number of nitrogens with zero attached hydrogens (tertiary/aromatic N) is 5. The van der Waals surface area contributed by atoms with Gasteiger partial charge in [0.15, 0.2) is 0 Å². The molecule has 0 spiro atoms. The van der Waals surface area contributed by atoms with Gasteiger partial charge < -0.3 is 19.6 Å². The molecule has 1 fully saturated rings. The van der Waals surface area contributed by atoms with Gasteiger partial charge in [0, 0.05) is 38.4 Å². The number of carboxylic acids is 2. The maximum atomic E-state index is 10.6. The molecule has 0 saturated carbocycles. The molecule has 0 radical (unpaired) electrons. The average Bonchev–Trinajstić information content (AvgIpc) is 3.46. The summed E-state index contributed by atoms with van der Waals surface area (Å²) in [6, 6.07) is 4.64. The average molecular weight is 557 g/mol. The molecule has 38 heavy (non-hydrogen) atoms. The van der Waals surface area contributed by atoms with Gasteiger partial charge >= 0.3 is 24.3 Å². The van der Waals surface area contributed by atoms with E-state index in [4.69, 9.17) is 24.3 Å². The smallest absolute Gasteiger partial charge is 0.475 e. The second kappa shape index (κ2) is 13.6. The number of carboxylic acid groups (broad SMARTS) is 2. The van der Waals surface area contributed by atoms with Gasteiger partial charge in [0.25, 0.3) is 0 Å². The maximum absolute atomic E-state index is 10.6. The van der Waals surface area contributed by atoms with Gasteiger partial charge in [0.2, 0.25) is 0 Å². The highest BCUT2D eigenvalue weighted by Gasteiger charge is 2.38. The minimum absolute atomic E-state index is 0.457. The van der Waals surface area contributed by atoms with E-state index in [2.05, 4.69) is 30.8 Å². The molecule has 214 valence electrons. The summed E-state index contributed by atoms with van der Waals surface area (Å²) in [5.41, 5.74) is 2.33. The molecule has 10 nitrogen and oxygen atoms in total. The summed E-state index contributed by atoms with van der Waals surface area (Å²) >= 11 is 0. The van der Waals surface area contributed by atoms with Gasteiger partial charge in [-0.3, -0.25) is 9.58 Å². The van der Waals surface area contributed by atoms with E-state index in [9.17, 15) is 26.3 Å². The van der Waals surface area contributed by atoms with Gasteiger partial charge in [0.1, 0.15) is 5.76 Å². The number of rotatable bonds is 5. The molecule has 0 aromatic carbocycles. The molecular formula is C22H29F6N5O5. The number of hydrogen-bond acceptors (Lipinski definition) is 7. The summed E-state index contributed by atoms with van der Waals surface area (Å²) in [4.78, 5) is 22.9. The lowest BCUT2D eigenvalue weighted by atomic mass is 10.1. The SMILES string of the molecule is Cc1cc(CN2Cc3ccnn3C(CCN3CCCCC3)C2)no1.O=C(O)C(F)(F)F.O=C(O)C(F)(F)F. The van der Waals surface area contributed by atoms with E-state index in [0.29, 0.717) is 6.04 Å². The minimum Gasteiger partial charge on any atom is -0.475 e. The minimum atomic E-state index is -5.08. The van der Waals surface area contributed by atoms with Gasteiger partial charge in [0.05, 0.1) is 17.4 Å². The van der Waals surface area contributed by atoms with E-state index in [0.717, 1.165) is 31.1 Å². The molecule has 0 bridgehead atoms. The third-order valence-corrected chi connectivity index (χ3v) is 5.73. The fourth-order valence-electron chi connectivity index (χ4n) is 4.03. The van der Waals surface area contributed by atoms with Crippen molar-refractivity contribution in [1.82, 2.24) is 24.7 Å². The summed E-state index contributed by atoms with van der Waals surface area (Å²) in [6.07, 6.45) is -2.95. The molecule has 1 saturated heterocycles. The van der Waals surface area contributed by atoms with Gasteiger partial charge in [-0.1, -0.05) is 11.6 Å². The van der Waals surface area contributed by atoms with E-state index in [1.165, 1.54) is 51.0 Å². The van der Waals surface area contributed by atoms with Crippen LogP contribution in [0.2, 0.25) is 0 Å². The van der Waals surface area contributed by atoms with Crippen LogP contribution in [0, 0.1) is 6.92 Å². The maximum Gasteiger partial charge on any atom is 0.490 e. The quantitative estimate of drug-likeness (QED) is 0.527. The number of hydrogen-bond donors (Lipinski definition) is 2. The van der Waals surface area contributed by atoms with Crippen LogP contribution in [0.5, 0.6) is 0 Å². The van der Waals surface area contributed by atoms with Crippen LogP contribution in [-0.4, -0.2) is 85.4 Å². The predicted octanol–water partition coefficient (Wildman–Crippen LogP) is 3.88. The highest BCUT2D eigenvalue weighted by Crippen LogP contribution is 2.25. The molecule has 1 atom stereocenters. The number of halogens is 6. The first kappa shape index (κ1) is 31.1. The van der Waals surface area contributed by atoms with Crippen molar-refractivity contribution in [2.45, 2.75) is 64.1 Å². The summed E-state index contributed by atoms with van der Waals surface area (Å²) in [5, 5.41) is 23.0. The predicted molar refractivity (Wildman–Crippen MR) is 119 cm³/mol. The molecule has 2 aliphatic heterocycles. The second-order valence-electron chi connectivity index (χ2n) is 8.82. The van der Waals surface area contributed by atoms with E-state index in [-0.39, 0.29) is 0 Å². The molecule has 1 unspecified atom stereocenters. The Hall–Kier alpha value is -3.14. The molecule has 16 heteroatoms. The van der Waals surface area contributed by atoms with Crippen molar-refractivity contribution >= 4 is 11.9 Å². The van der Waals surface area contributed by atoms with E-state index < -0.39 is 24.3 Å². The number of piperidine rings is 1. The third-order valence-electron chi connectivity index (χ3n) is 5.73. The van der Waals surface area contributed by atoms with Crippen LogP contribution in [0.15, 0.2) is 22.9 Å². The Bertz CT molecular complexity index is 1010. The van der Waals surface area contributed by atoms with E-state index in [1.807, 2.05) is 19.2 Å². The monoisotopic (exact) mass is 557 g/mol. The van der Waals surface area contributed by atoms with Gasteiger partial charge in [-0.05, 0) is 45.3 Å². The van der Waals surface area contributed by atoms with Crippen LogP contribution in [-0.2, 0) is 22.7 Å². The zero-order valence-corrected chi connectivity index (χ0v) is 20.5. The molecule has 0 aliphatic carbocycles. The van der Waals surface area contributed by atoms with Crippen LogP contribution >= 0.6 is 0 Å². The van der Waals surface area contributed by atoms with E-state index in [1.54, 1.807) is 0 Å². The summed E-state index contributed by atoms with van der Waals surface area (Å²) in [6.45, 7) is 8.48. The highest BCUT2D eigenvalue weighted by molar-refractivity contribution is 5.73. The number of aryl methyl sites for hydroxylation is 1. The lowest BCUT2D eigenvalue weighted by molar-refractivity contribution is -0.193. The zero-order valence-electron chi connectivity index (χ0n) is 20.5. The van der Waals surface area contributed by atoms with E-state index >= 15 is 0 Å². The summed E-state index contributed by atoms with van der Waals surface area (Å²) < 4.78 is 70.9. The number of alkyl halides is 6. The summed E-state index contributed by atoms with van der Waals surface area (Å²) in [7, 11) is 0. The third kappa shape index (κ3) is 10.3. The standard InChI is InChI=1S/C18H27N5O.2C2HF3O2/c1-15-11-16(20-24-15)12-22-13-17-5-7-19-23(17)18(14-22)6-10-21-8-3-2-4-9-21;2*3-2(4,5)1(6)7/h5,7,11,18H,2-4,6,8-10,12-14H2,1H3;2*(H,6,7). The van der Waals surface area contributed by atoms with Gasteiger partial charge in [-0.2, -0.15) is 31.4 Å². The molecule has 2 aliphatic rings. The first-order chi connectivity index (χ1) is 17.7. The van der Waals surface area contributed by atoms with Crippen molar-refractivity contribution in [2.24, 2.45) is 0 Å². The van der Waals surface area contributed by atoms with Gasteiger partial charge in [-0.25, -0.2) is 9.59 Å². The second-order valence-corrected chi connectivity index (χ2v) is 8.82. The first-order valence-corrected chi connectivity index (χ1v) is 11.7. The fraction of sp³-hybridized carbons (Fsp3) is 0.636. The Morgan fingerprint density at radius 1 is 1.03 bits per heavy atom. The van der Waals surface area contributed by atoms with Crippen LogP contribution in [0.25, 0.3) is 0 Å². The van der Waals surface area contributed by atoms with Crippen molar-refractivity contribution in [3.8, 4) is 0 Å². The zero-order chi connectivity index (χ0) is 28.5. The highest BCUT2D eigenvalue weighted by atomic mass is 19.4. The van der Waals surface area contributed by atoms with Crippen molar-refractivity contribution in [3.63, 3.8) is 0 Å². The Morgan fingerprint density at radius 3 is 2.11 bits per heavy atom. The van der Waals surface area contributed by atoms with Crippen LogP contribution in [0.4, 0.5) is 26.3 Å². The molecule has 2 N–H and O–H groups in total. The first-order valence-electron chi connectivity index (χ1n) is 11.7. The molecule has 2 aromatic rings. The number of aliphatic carboxylic acids is 2. The van der Waals surface area contributed by atoms with Crippen LogP contribution in [0.3, 0.4) is 0 Å². The Balaban J connectivity index is 0.000000301. The topological polar surface area (TPSA) is 125 Å². The lowest BCUT2D eigenvalue weighted by Gasteiger charge is -2.35. The normalized spacial score (nSPS) is 18.4. The van der Waals surface area contributed by atoms with Gasteiger partial charge in [-0.15, -0.1) is 0 Å². The Morgan fingerprint density at radius 2 is 1.61 bits per heavy atom. The largest absolute Gasteiger partial charge is 0.490 e. The van der Waals surface area contributed by atoms with Crippen molar-refractivity contribution in [2.75, 3.05) is 26.2 Å². The van der Waals surface area contributed by atoms with Crippen molar-refractivity contribution in [3.05, 3.63) is 35.5 Å². The number of fused-ring (bicyclic) bond motifs is 1. The number of likely N-dealkylation sites (tertiary alicyclic amines) is 1. The van der Waals surface area contributed by atoms with Crippen LogP contribution < -0.4 is 0 Å². The Kier molecular flexibility index (Phi) is 11.1. The molecule has 0 amide bonds. The van der Waals surface area contributed by atoms with Crippen LogP contribution in [0.1, 0.15) is 48.9 Å². The number of carbonyl (C=O) groups is 2. The fourth-order valence-corrected chi connectivity index (χ4v) is 4.03. The molecular weight excluding hydrogens is 528 g/mol. The molecule has 4 rings (SSSR count). The van der Waals surface area contributed by atoms with Crippen molar-refractivity contribution < 1.29 is 50.7 Å². The summed E-state index contributed by atoms with van der Waals surface area (Å²) in [5.74, 6) is -4.63. The molecule has 4 heterocycles. The molecule has 2 aromatic heterocycles. The number of aromatic nitrogens is 3. The van der Waals surface area contributed by atoms with Crippen molar-refractivity contribution in [1.29, 1.82) is 0 Å². The lowest BCUT2D eigenvalue weighted by Crippen LogP contribution is -2.39.